The first kappa shape index (κ1) is 16.3. The van der Waals surface area contributed by atoms with Crippen molar-refractivity contribution >= 4 is 5.91 Å². The second-order valence-corrected chi connectivity index (χ2v) is 7.36. The van der Waals surface area contributed by atoms with E-state index in [0.717, 1.165) is 42.6 Å². The second-order valence-electron chi connectivity index (χ2n) is 7.36. The normalized spacial score (nSPS) is 17.9. The summed E-state index contributed by atoms with van der Waals surface area (Å²) < 4.78 is 15.1. The molecule has 4 rings (SSSR count). The van der Waals surface area contributed by atoms with Gasteiger partial charge in [0.2, 0.25) is 0 Å². The first-order valence-electron chi connectivity index (χ1n) is 9.20. The molecular formula is C20H24FN3O. The molecule has 0 radical (unpaired) electrons. The molecule has 1 aromatic heterocycles. The summed E-state index contributed by atoms with van der Waals surface area (Å²) in [5.41, 5.74) is 3.58. The van der Waals surface area contributed by atoms with E-state index in [2.05, 4.69) is 12.0 Å². The van der Waals surface area contributed by atoms with Crippen LogP contribution in [0.25, 0.3) is 5.69 Å². The van der Waals surface area contributed by atoms with Gasteiger partial charge in [0.15, 0.2) is 5.69 Å². The van der Waals surface area contributed by atoms with Crippen LogP contribution < -0.4 is 0 Å². The van der Waals surface area contributed by atoms with Crippen molar-refractivity contribution in [3.05, 3.63) is 47.0 Å². The summed E-state index contributed by atoms with van der Waals surface area (Å²) in [6, 6.07) is 6.58. The van der Waals surface area contributed by atoms with Gasteiger partial charge in [-0.05, 0) is 75.6 Å². The van der Waals surface area contributed by atoms with Gasteiger partial charge < -0.3 is 4.90 Å². The fraction of sp³-hybridized carbons (Fsp3) is 0.500. The van der Waals surface area contributed by atoms with Gasteiger partial charge in [0.05, 0.1) is 5.69 Å². The van der Waals surface area contributed by atoms with Crippen molar-refractivity contribution in [2.75, 3.05) is 7.05 Å². The van der Waals surface area contributed by atoms with Gasteiger partial charge in [0, 0.05) is 24.3 Å². The Morgan fingerprint density at radius 3 is 2.60 bits per heavy atom. The third-order valence-electron chi connectivity index (χ3n) is 5.69. The maximum atomic E-state index is 13.3. The smallest absolute Gasteiger partial charge is 0.274 e. The third kappa shape index (κ3) is 2.96. The van der Waals surface area contributed by atoms with Crippen molar-refractivity contribution in [3.8, 4) is 5.69 Å². The first-order chi connectivity index (χ1) is 12.1. The van der Waals surface area contributed by atoms with Crippen molar-refractivity contribution in [2.45, 2.75) is 51.5 Å². The summed E-state index contributed by atoms with van der Waals surface area (Å²) in [6.45, 7) is 2.12. The number of benzene rings is 1. The Bertz CT molecular complexity index is 792. The van der Waals surface area contributed by atoms with Crippen LogP contribution in [0.3, 0.4) is 0 Å². The Hall–Kier alpha value is -2.17. The molecule has 1 saturated carbocycles. The molecule has 1 fully saturated rings. The predicted molar refractivity (Wildman–Crippen MR) is 94.4 cm³/mol. The lowest BCUT2D eigenvalue weighted by molar-refractivity contribution is 0.0719. The maximum Gasteiger partial charge on any atom is 0.274 e. The van der Waals surface area contributed by atoms with Crippen LogP contribution in [0.15, 0.2) is 24.3 Å². The highest BCUT2D eigenvalue weighted by Crippen LogP contribution is 2.35. The van der Waals surface area contributed by atoms with Crippen LogP contribution in [0, 0.1) is 11.7 Å². The molecule has 2 aliphatic carbocycles. The number of nitrogens with zero attached hydrogens (tertiary/aromatic N) is 3. The van der Waals surface area contributed by atoms with Gasteiger partial charge >= 0.3 is 0 Å². The summed E-state index contributed by atoms with van der Waals surface area (Å²) in [5, 5.41) is 4.68. The Morgan fingerprint density at radius 2 is 1.92 bits per heavy atom. The molecule has 4 nitrogen and oxygen atoms in total. The van der Waals surface area contributed by atoms with Crippen LogP contribution in [0.1, 0.15) is 54.4 Å². The molecule has 0 aliphatic heterocycles. The topological polar surface area (TPSA) is 38.1 Å². The number of carbonyl (C=O) groups is 1. The van der Waals surface area contributed by atoms with Crippen LogP contribution in [0.5, 0.6) is 0 Å². The highest BCUT2D eigenvalue weighted by Gasteiger charge is 2.35. The zero-order chi connectivity index (χ0) is 17.6. The van der Waals surface area contributed by atoms with E-state index in [0.29, 0.717) is 11.6 Å². The van der Waals surface area contributed by atoms with E-state index in [1.54, 1.807) is 12.1 Å². The SMILES string of the molecule is CC(C1CC1)N(C)C(=O)c1nn(-c2ccc(F)cc2)c2c1CCCC2. The number of fused-ring (bicyclic) bond motifs is 1. The predicted octanol–water partition coefficient (Wildman–Crippen LogP) is 3.76. The molecule has 0 spiro atoms. The Labute approximate surface area is 147 Å². The first-order valence-corrected chi connectivity index (χ1v) is 9.20. The summed E-state index contributed by atoms with van der Waals surface area (Å²) >= 11 is 0. The average molecular weight is 341 g/mol. The number of carbonyl (C=O) groups excluding carboxylic acids is 1. The van der Waals surface area contributed by atoms with E-state index in [9.17, 15) is 9.18 Å². The molecule has 0 saturated heterocycles. The lowest BCUT2D eigenvalue weighted by Gasteiger charge is -2.24. The van der Waals surface area contributed by atoms with Gasteiger partial charge in [0.25, 0.3) is 5.91 Å². The largest absolute Gasteiger partial charge is 0.337 e. The van der Waals surface area contributed by atoms with Crippen LogP contribution in [0.2, 0.25) is 0 Å². The lowest BCUT2D eigenvalue weighted by atomic mass is 9.95. The molecule has 1 atom stereocenters. The van der Waals surface area contributed by atoms with E-state index in [1.165, 1.54) is 25.0 Å². The number of amides is 1. The molecule has 1 unspecified atom stereocenters. The van der Waals surface area contributed by atoms with E-state index in [4.69, 9.17) is 0 Å². The fourth-order valence-corrected chi connectivity index (χ4v) is 3.81. The van der Waals surface area contributed by atoms with Crippen LogP contribution in [0.4, 0.5) is 4.39 Å². The quantitative estimate of drug-likeness (QED) is 0.849. The average Bonchev–Trinajstić information content (AvgIpc) is 3.41. The summed E-state index contributed by atoms with van der Waals surface area (Å²) in [7, 11) is 1.89. The van der Waals surface area contributed by atoms with Crippen LogP contribution in [-0.2, 0) is 12.8 Å². The Kier molecular flexibility index (Phi) is 4.10. The summed E-state index contributed by atoms with van der Waals surface area (Å²) in [6.07, 6.45) is 6.41. The summed E-state index contributed by atoms with van der Waals surface area (Å²) in [5.74, 6) is 0.376. The van der Waals surface area contributed by atoms with E-state index in [-0.39, 0.29) is 17.8 Å². The van der Waals surface area contributed by atoms with Gasteiger partial charge in [-0.25, -0.2) is 9.07 Å². The number of hydrogen-bond donors (Lipinski definition) is 0. The molecule has 132 valence electrons. The highest BCUT2D eigenvalue weighted by atomic mass is 19.1. The minimum atomic E-state index is -0.265. The van der Waals surface area contributed by atoms with Gasteiger partial charge in [-0.1, -0.05) is 0 Å². The van der Waals surface area contributed by atoms with Crippen molar-refractivity contribution in [1.82, 2.24) is 14.7 Å². The zero-order valence-corrected chi connectivity index (χ0v) is 14.8. The molecule has 1 heterocycles. The maximum absolute atomic E-state index is 13.3. The minimum Gasteiger partial charge on any atom is -0.337 e. The van der Waals surface area contributed by atoms with E-state index in [1.807, 2.05) is 16.6 Å². The van der Waals surface area contributed by atoms with Crippen molar-refractivity contribution in [1.29, 1.82) is 0 Å². The molecular weight excluding hydrogens is 317 g/mol. The molecule has 1 amide bonds. The van der Waals surface area contributed by atoms with E-state index < -0.39 is 0 Å². The third-order valence-corrected chi connectivity index (χ3v) is 5.69. The molecule has 1 aromatic carbocycles. The fourth-order valence-electron chi connectivity index (χ4n) is 3.81. The van der Waals surface area contributed by atoms with Gasteiger partial charge in [-0.2, -0.15) is 5.10 Å². The Morgan fingerprint density at radius 1 is 1.24 bits per heavy atom. The molecule has 5 heteroatoms. The van der Waals surface area contributed by atoms with Gasteiger partial charge in [-0.3, -0.25) is 4.79 Å². The van der Waals surface area contributed by atoms with Crippen molar-refractivity contribution < 1.29 is 9.18 Å². The molecule has 2 aromatic rings. The zero-order valence-electron chi connectivity index (χ0n) is 14.8. The summed E-state index contributed by atoms with van der Waals surface area (Å²) in [4.78, 5) is 14.9. The number of rotatable bonds is 4. The molecule has 25 heavy (non-hydrogen) atoms. The van der Waals surface area contributed by atoms with Crippen LogP contribution in [-0.4, -0.2) is 33.7 Å². The van der Waals surface area contributed by atoms with Gasteiger partial charge in [0.1, 0.15) is 5.82 Å². The minimum absolute atomic E-state index is 0.0124. The standard InChI is InChI=1S/C20H24FN3O/c1-13(14-7-8-14)23(2)20(25)19-17-5-3-4-6-18(17)24(22-19)16-11-9-15(21)10-12-16/h9-14H,3-8H2,1-2H3. The monoisotopic (exact) mass is 341 g/mol. The van der Waals surface area contributed by atoms with Crippen molar-refractivity contribution in [3.63, 3.8) is 0 Å². The number of halogens is 1. The van der Waals surface area contributed by atoms with Crippen molar-refractivity contribution in [2.24, 2.45) is 5.92 Å². The molecule has 0 N–H and O–H groups in total. The number of hydrogen-bond acceptors (Lipinski definition) is 2. The lowest BCUT2D eigenvalue weighted by Crippen LogP contribution is -2.37. The van der Waals surface area contributed by atoms with E-state index >= 15 is 0 Å². The van der Waals surface area contributed by atoms with Crippen LogP contribution >= 0.6 is 0 Å². The number of aromatic nitrogens is 2. The highest BCUT2D eigenvalue weighted by molar-refractivity contribution is 5.94. The molecule has 2 aliphatic rings. The Balaban J connectivity index is 1.72. The second kappa shape index (κ2) is 6.28. The van der Waals surface area contributed by atoms with Gasteiger partial charge in [-0.15, -0.1) is 0 Å². The molecule has 0 bridgehead atoms.